The zero-order valence-electron chi connectivity index (χ0n) is 15.1. The van der Waals surface area contributed by atoms with E-state index >= 15 is 0 Å². The lowest BCUT2D eigenvalue weighted by Crippen LogP contribution is -2.29. The monoisotopic (exact) mass is 393 g/mol. The third kappa shape index (κ3) is 5.59. The standard InChI is InChI=1S/C22H20ClN3O2/c23-20-12-5-4-9-17(20)14-25-21(27)15-24-18-10-6-11-19(13-18)26-22(28)16-7-2-1-3-8-16/h1-13,24H,14-15H2,(H,25,27)(H,26,28). The molecule has 0 radical (unpaired) electrons. The molecule has 2 amide bonds. The number of carbonyl (C=O) groups is 2. The number of rotatable bonds is 7. The van der Waals surface area contributed by atoms with E-state index in [1.54, 1.807) is 30.3 Å². The Morgan fingerprint density at radius 1 is 0.821 bits per heavy atom. The molecule has 0 saturated carbocycles. The van der Waals surface area contributed by atoms with Crippen molar-refractivity contribution in [1.82, 2.24) is 5.32 Å². The molecule has 0 aliphatic rings. The van der Waals surface area contributed by atoms with Crippen LogP contribution < -0.4 is 16.0 Å². The van der Waals surface area contributed by atoms with Crippen LogP contribution in [0.5, 0.6) is 0 Å². The Balaban J connectivity index is 1.51. The number of hydrogen-bond donors (Lipinski definition) is 3. The molecule has 3 aromatic rings. The van der Waals surface area contributed by atoms with Crippen molar-refractivity contribution in [1.29, 1.82) is 0 Å². The first-order valence-corrected chi connectivity index (χ1v) is 9.20. The van der Waals surface area contributed by atoms with Crippen molar-refractivity contribution < 1.29 is 9.59 Å². The third-order valence-corrected chi connectivity index (χ3v) is 4.41. The molecule has 3 N–H and O–H groups in total. The topological polar surface area (TPSA) is 70.2 Å². The Bertz CT molecular complexity index is 961. The van der Waals surface area contributed by atoms with Crippen LogP contribution in [0.4, 0.5) is 11.4 Å². The molecule has 142 valence electrons. The summed E-state index contributed by atoms with van der Waals surface area (Å²) >= 11 is 6.08. The molecule has 0 aromatic heterocycles. The average molecular weight is 394 g/mol. The Morgan fingerprint density at radius 3 is 2.32 bits per heavy atom. The first kappa shape index (κ1) is 19.5. The molecule has 0 bridgehead atoms. The van der Waals surface area contributed by atoms with Crippen LogP contribution in [0, 0.1) is 0 Å². The Hall–Kier alpha value is -3.31. The van der Waals surface area contributed by atoms with Crippen molar-refractivity contribution in [3.63, 3.8) is 0 Å². The van der Waals surface area contributed by atoms with Crippen molar-refractivity contribution in [2.75, 3.05) is 17.2 Å². The fourth-order valence-corrected chi connectivity index (χ4v) is 2.78. The van der Waals surface area contributed by atoms with Gasteiger partial charge >= 0.3 is 0 Å². The SMILES string of the molecule is O=C(CNc1cccc(NC(=O)c2ccccc2)c1)NCc1ccccc1Cl. The van der Waals surface area contributed by atoms with Crippen molar-refractivity contribution >= 4 is 34.8 Å². The van der Waals surface area contributed by atoms with Crippen molar-refractivity contribution in [3.8, 4) is 0 Å². The summed E-state index contributed by atoms with van der Waals surface area (Å²) in [6.07, 6.45) is 0. The highest BCUT2D eigenvalue weighted by Crippen LogP contribution is 2.16. The highest BCUT2D eigenvalue weighted by atomic mass is 35.5. The molecule has 3 aromatic carbocycles. The van der Waals surface area contributed by atoms with Gasteiger partial charge < -0.3 is 16.0 Å². The molecule has 0 fully saturated rings. The van der Waals surface area contributed by atoms with Gasteiger partial charge in [-0.05, 0) is 42.0 Å². The molecular formula is C22H20ClN3O2. The molecule has 0 aliphatic heterocycles. The van der Waals surface area contributed by atoms with E-state index in [-0.39, 0.29) is 18.4 Å². The highest BCUT2D eigenvalue weighted by Gasteiger charge is 2.07. The number of halogens is 1. The van der Waals surface area contributed by atoms with Gasteiger partial charge in [0.25, 0.3) is 5.91 Å². The Kier molecular flexibility index (Phi) is 6.65. The fourth-order valence-electron chi connectivity index (χ4n) is 2.58. The summed E-state index contributed by atoms with van der Waals surface area (Å²) in [5.74, 6) is -0.339. The predicted octanol–water partition coefficient (Wildman–Crippen LogP) is 4.32. The molecule has 0 spiro atoms. The van der Waals surface area contributed by atoms with Crippen molar-refractivity contribution in [2.24, 2.45) is 0 Å². The molecule has 3 rings (SSSR count). The Morgan fingerprint density at radius 2 is 1.54 bits per heavy atom. The Labute approximate surface area is 168 Å². The number of amides is 2. The molecule has 0 aliphatic carbocycles. The predicted molar refractivity (Wildman–Crippen MR) is 113 cm³/mol. The molecule has 5 nitrogen and oxygen atoms in total. The second-order valence-corrected chi connectivity index (χ2v) is 6.53. The van der Waals surface area contributed by atoms with Crippen LogP contribution in [0.3, 0.4) is 0 Å². The van der Waals surface area contributed by atoms with Crippen LogP contribution in [0.25, 0.3) is 0 Å². The van der Waals surface area contributed by atoms with Gasteiger partial charge in [-0.2, -0.15) is 0 Å². The second-order valence-electron chi connectivity index (χ2n) is 6.12. The zero-order valence-corrected chi connectivity index (χ0v) is 15.9. The van der Waals surface area contributed by atoms with Crippen LogP contribution >= 0.6 is 11.6 Å². The number of anilines is 2. The van der Waals surface area contributed by atoms with E-state index in [1.165, 1.54) is 0 Å². The second kappa shape index (κ2) is 9.58. The van der Waals surface area contributed by atoms with E-state index in [1.807, 2.05) is 48.5 Å². The first-order valence-electron chi connectivity index (χ1n) is 8.82. The zero-order chi connectivity index (χ0) is 19.8. The summed E-state index contributed by atoms with van der Waals surface area (Å²) in [7, 11) is 0. The van der Waals surface area contributed by atoms with E-state index < -0.39 is 0 Å². The van der Waals surface area contributed by atoms with Crippen LogP contribution in [0.15, 0.2) is 78.9 Å². The molecular weight excluding hydrogens is 374 g/mol. The highest BCUT2D eigenvalue weighted by molar-refractivity contribution is 6.31. The molecule has 6 heteroatoms. The fraction of sp³-hybridized carbons (Fsp3) is 0.0909. The van der Waals surface area contributed by atoms with E-state index in [9.17, 15) is 9.59 Å². The number of hydrogen-bond acceptors (Lipinski definition) is 3. The third-order valence-electron chi connectivity index (χ3n) is 4.04. The lowest BCUT2D eigenvalue weighted by atomic mass is 10.2. The maximum atomic E-state index is 12.2. The van der Waals surface area contributed by atoms with Gasteiger partial charge in [-0.3, -0.25) is 9.59 Å². The summed E-state index contributed by atoms with van der Waals surface area (Å²) in [4.78, 5) is 24.3. The van der Waals surface area contributed by atoms with Gasteiger partial charge in [0.1, 0.15) is 0 Å². The lowest BCUT2D eigenvalue weighted by molar-refractivity contribution is -0.119. The van der Waals surface area contributed by atoms with E-state index in [2.05, 4.69) is 16.0 Å². The molecule has 0 unspecified atom stereocenters. The van der Waals surface area contributed by atoms with Gasteiger partial charge in [0.2, 0.25) is 5.91 Å². The van der Waals surface area contributed by atoms with Crippen LogP contribution in [-0.4, -0.2) is 18.4 Å². The maximum absolute atomic E-state index is 12.2. The van der Waals surface area contributed by atoms with Crippen molar-refractivity contribution in [2.45, 2.75) is 6.54 Å². The van der Waals surface area contributed by atoms with Gasteiger partial charge in [-0.1, -0.05) is 54.1 Å². The van der Waals surface area contributed by atoms with E-state index in [0.29, 0.717) is 22.8 Å². The summed E-state index contributed by atoms with van der Waals surface area (Å²) in [6, 6.07) is 23.6. The first-order chi connectivity index (χ1) is 13.6. The van der Waals surface area contributed by atoms with E-state index in [0.717, 1.165) is 11.3 Å². The van der Waals surface area contributed by atoms with Gasteiger partial charge in [-0.25, -0.2) is 0 Å². The van der Waals surface area contributed by atoms with E-state index in [4.69, 9.17) is 11.6 Å². The molecule has 0 saturated heterocycles. The van der Waals surface area contributed by atoms with Gasteiger partial charge in [0, 0.05) is 28.5 Å². The normalized spacial score (nSPS) is 10.2. The minimum Gasteiger partial charge on any atom is -0.376 e. The van der Waals surface area contributed by atoms with Crippen LogP contribution in [0.2, 0.25) is 5.02 Å². The summed E-state index contributed by atoms with van der Waals surface area (Å²) in [6.45, 7) is 0.480. The smallest absolute Gasteiger partial charge is 0.255 e. The number of nitrogens with one attached hydrogen (secondary N) is 3. The largest absolute Gasteiger partial charge is 0.376 e. The van der Waals surface area contributed by atoms with Gasteiger partial charge in [0.15, 0.2) is 0 Å². The molecule has 28 heavy (non-hydrogen) atoms. The summed E-state index contributed by atoms with van der Waals surface area (Å²) in [5.41, 5.74) is 2.83. The quantitative estimate of drug-likeness (QED) is 0.559. The van der Waals surface area contributed by atoms with Crippen LogP contribution in [0.1, 0.15) is 15.9 Å². The number of carbonyl (C=O) groups excluding carboxylic acids is 2. The van der Waals surface area contributed by atoms with Crippen molar-refractivity contribution in [3.05, 3.63) is 95.0 Å². The van der Waals surface area contributed by atoms with Gasteiger partial charge in [-0.15, -0.1) is 0 Å². The maximum Gasteiger partial charge on any atom is 0.255 e. The number of benzene rings is 3. The minimum absolute atomic E-state index is 0.112. The summed E-state index contributed by atoms with van der Waals surface area (Å²) < 4.78 is 0. The molecule has 0 heterocycles. The minimum atomic E-state index is -0.185. The average Bonchev–Trinajstić information content (AvgIpc) is 2.72. The van der Waals surface area contributed by atoms with Gasteiger partial charge in [0.05, 0.1) is 6.54 Å². The lowest BCUT2D eigenvalue weighted by Gasteiger charge is -2.11. The molecule has 0 atom stereocenters. The summed E-state index contributed by atoms with van der Waals surface area (Å²) in [5, 5.41) is 9.34. The van der Waals surface area contributed by atoms with Crippen LogP contribution in [-0.2, 0) is 11.3 Å².